The monoisotopic (exact) mass is 601 g/mol. The van der Waals surface area contributed by atoms with Gasteiger partial charge in [-0.1, -0.05) is 30.4 Å². The number of carbonyl (C=O) groups is 1. The van der Waals surface area contributed by atoms with Crippen molar-refractivity contribution in [1.82, 2.24) is 10.4 Å². The molecule has 4 aromatic rings. The summed E-state index contributed by atoms with van der Waals surface area (Å²) in [4.78, 5) is 28.8. The molecule has 2 aromatic heterocycles. The number of anilines is 1. The number of hydrogen-bond acceptors (Lipinski definition) is 12. The van der Waals surface area contributed by atoms with Crippen LogP contribution in [0.25, 0.3) is 34.6 Å². The summed E-state index contributed by atoms with van der Waals surface area (Å²) < 4.78 is 11.4. The lowest BCUT2D eigenvalue weighted by atomic mass is 10.1. The minimum absolute atomic E-state index is 0.106. The maximum Gasteiger partial charge on any atom is 0.349 e. The number of hydrazine groups is 1. The van der Waals surface area contributed by atoms with Gasteiger partial charge in [-0.15, -0.1) is 0 Å². The Kier molecular flexibility index (Phi) is 9.47. The topological polar surface area (TPSA) is 233 Å². The first-order valence-corrected chi connectivity index (χ1v) is 13.6. The number of oxazole rings is 1. The molecule has 0 aliphatic heterocycles. The van der Waals surface area contributed by atoms with Gasteiger partial charge in [-0.05, 0) is 68.3 Å². The van der Waals surface area contributed by atoms with Crippen LogP contribution < -0.4 is 39.0 Å². The molecule has 13 nitrogen and oxygen atoms in total. The van der Waals surface area contributed by atoms with Crippen LogP contribution in [-0.2, 0) is 0 Å². The van der Waals surface area contributed by atoms with E-state index in [9.17, 15) is 19.8 Å². The third-order valence-electron chi connectivity index (χ3n) is 6.78. The first kappa shape index (κ1) is 31.9. The van der Waals surface area contributed by atoms with Crippen LogP contribution in [0.5, 0.6) is 5.75 Å². The van der Waals surface area contributed by atoms with Crippen LogP contribution >= 0.6 is 0 Å². The molecule has 0 unspecified atom stereocenters. The number of allylic oxidation sites excluding steroid dienone is 4. The zero-order chi connectivity index (χ0) is 32.2. The molecule has 2 heterocycles. The van der Waals surface area contributed by atoms with E-state index in [0.717, 1.165) is 5.57 Å². The number of nitrogens with one attached hydrogen (secondary N) is 1. The predicted octanol–water partition coefficient (Wildman–Crippen LogP) is 2.98. The number of aromatic nitrogens is 1. The Morgan fingerprint density at radius 1 is 1.11 bits per heavy atom. The minimum atomic E-state index is -1.58. The van der Waals surface area contributed by atoms with Gasteiger partial charge in [-0.3, -0.25) is 11.5 Å². The second-order valence-corrected chi connectivity index (χ2v) is 9.98. The Hall–Kier alpha value is -5.05. The van der Waals surface area contributed by atoms with Gasteiger partial charge in [0.1, 0.15) is 40.1 Å². The molecule has 0 fully saturated rings. The second kappa shape index (κ2) is 13.1. The second-order valence-electron chi connectivity index (χ2n) is 9.98. The van der Waals surface area contributed by atoms with Crippen molar-refractivity contribution in [2.45, 2.75) is 32.7 Å². The Bertz CT molecular complexity index is 1830. The number of benzene rings is 2. The summed E-state index contributed by atoms with van der Waals surface area (Å²) in [6.07, 6.45) is 7.87. The van der Waals surface area contributed by atoms with Gasteiger partial charge >= 0.3 is 11.6 Å². The molecule has 0 saturated carbocycles. The molecule has 0 amide bonds. The lowest BCUT2D eigenvalue weighted by molar-refractivity contribution is 0.0693. The van der Waals surface area contributed by atoms with Crippen LogP contribution in [0, 0.1) is 6.92 Å². The van der Waals surface area contributed by atoms with E-state index in [1.165, 1.54) is 12.1 Å². The molecule has 2 aromatic carbocycles. The van der Waals surface area contributed by atoms with Gasteiger partial charge in [-0.2, -0.15) is 5.43 Å². The molecular weight excluding hydrogens is 566 g/mol. The van der Waals surface area contributed by atoms with Gasteiger partial charge in [0, 0.05) is 18.0 Å². The average molecular weight is 602 g/mol. The number of fused-ring (bicyclic) bond motifs is 1. The van der Waals surface area contributed by atoms with Crippen molar-refractivity contribution in [1.29, 1.82) is 0 Å². The molecule has 0 aliphatic rings. The van der Waals surface area contributed by atoms with Crippen LogP contribution in [0.4, 0.5) is 5.69 Å². The Morgan fingerprint density at radius 2 is 1.84 bits per heavy atom. The Balaban J connectivity index is 1.57. The van der Waals surface area contributed by atoms with Crippen LogP contribution in [0.1, 0.15) is 41.2 Å². The first-order chi connectivity index (χ1) is 20.8. The molecule has 0 saturated heterocycles. The standard InChI is InChI=1S/C31H35N7O6/c1-4-18(6-7-19-9-13-25(39)22(14-19)28(40)41)8-12-24-17(3)43-27(36-24)23-15-20-10-11-21(16-26(20)44-29(23)42)38(5-2)37-31(34,35)30(32)33/h4,6-16,30,37,39H,5,32-35H2,1-3H3,(H,40,41)/b7-6+,12-8-,18-4-. The van der Waals surface area contributed by atoms with E-state index in [2.05, 4.69) is 10.4 Å². The highest BCUT2D eigenvalue weighted by Gasteiger charge is 2.27. The van der Waals surface area contributed by atoms with E-state index in [1.54, 1.807) is 66.6 Å². The number of carboxylic acids is 1. The fraction of sp³-hybridized carbons (Fsp3) is 0.194. The smallest absolute Gasteiger partial charge is 0.349 e. The molecule has 44 heavy (non-hydrogen) atoms. The van der Waals surface area contributed by atoms with Gasteiger partial charge < -0.3 is 35.5 Å². The van der Waals surface area contributed by atoms with Crippen molar-refractivity contribution in [2.24, 2.45) is 22.9 Å². The fourth-order valence-electron chi connectivity index (χ4n) is 4.17. The largest absolute Gasteiger partial charge is 0.507 e. The molecular formula is C31H35N7O6. The summed E-state index contributed by atoms with van der Waals surface area (Å²) in [6.45, 7) is 5.90. The number of nitrogens with zero attached hydrogens (tertiary/aromatic N) is 2. The SMILES string of the molecule is C/C=C(\C=C/c1nc(-c2cc3ccc(N(CC)NC(N)(N)C(N)N)cc3oc2=O)oc1C)/C=C/c1ccc(O)c(C(=O)O)c1. The third kappa shape index (κ3) is 7.11. The van der Waals surface area contributed by atoms with Crippen LogP contribution in [0.3, 0.4) is 0 Å². The van der Waals surface area contributed by atoms with E-state index in [0.29, 0.717) is 40.2 Å². The quantitative estimate of drug-likeness (QED) is 0.0567. The Morgan fingerprint density at radius 3 is 2.50 bits per heavy atom. The highest BCUT2D eigenvalue weighted by Crippen LogP contribution is 2.27. The summed E-state index contributed by atoms with van der Waals surface area (Å²) in [7, 11) is 0. The first-order valence-electron chi connectivity index (χ1n) is 13.6. The number of nitrogens with two attached hydrogens (primary N) is 4. The van der Waals surface area contributed by atoms with E-state index in [1.807, 2.05) is 19.9 Å². The van der Waals surface area contributed by atoms with E-state index in [-0.39, 0.29) is 22.8 Å². The number of rotatable bonds is 11. The fourth-order valence-corrected chi connectivity index (χ4v) is 4.17. The molecule has 230 valence electrons. The molecule has 0 bridgehead atoms. The van der Waals surface area contributed by atoms with Crippen LogP contribution in [-0.4, -0.2) is 39.7 Å². The lowest BCUT2D eigenvalue weighted by Gasteiger charge is -2.36. The maximum absolute atomic E-state index is 13.0. The molecule has 4 rings (SSSR count). The van der Waals surface area contributed by atoms with Crippen molar-refractivity contribution < 1.29 is 23.8 Å². The highest BCUT2D eigenvalue weighted by molar-refractivity contribution is 5.91. The van der Waals surface area contributed by atoms with Crippen LogP contribution in [0.2, 0.25) is 0 Å². The van der Waals surface area contributed by atoms with Crippen molar-refractivity contribution in [3.05, 3.63) is 99.3 Å². The normalized spacial score (nSPS) is 12.7. The number of aromatic carboxylic acids is 1. The summed E-state index contributed by atoms with van der Waals surface area (Å²) in [5.74, 6) is -2.50. The molecule has 11 N–H and O–H groups in total. The van der Waals surface area contributed by atoms with Gasteiger partial charge in [0.2, 0.25) is 5.89 Å². The molecule has 0 spiro atoms. The molecule has 0 atom stereocenters. The summed E-state index contributed by atoms with van der Waals surface area (Å²) in [5.41, 5.74) is 28.3. The van der Waals surface area contributed by atoms with E-state index >= 15 is 0 Å². The van der Waals surface area contributed by atoms with E-state index in [4.69, 9.17) is 31.8 Å². The number of hydrogen-bond donors (Lipinski definition) is 7. The van der Waals surface area contributed by atoms with Gasteiger partial charge in [0.25, 0.3) is 0 Å². The molecule has 0 radical (unpaired) electrons. The zero-order valence-corrected chi connectivity index (χ0v) is 24.4. The van der Waals surface area contributed by atoms with Crippen molar-refractivity contribution in [3.63, 3.8) is 0 Å². The average Bonchev–Trinajstić information content (AvgIpc) is 3.35. The van der Waals surface area contributed by atoms with E-state index < -0.39 is 23.5 Å². The predicted molar refractivity (Wildman–Crippen MR) is 169 cm³/mol. The highest BCUT2D eigenvalue weighted by atomic mass is 16.4. The molecule has 0 aliphatic carbocycles. The molecule has 13 heteroatoms. The maximum atomic E-state index is 13.0. The van der Waals surface area contributed by atoms with Crippen molar-refractivity contribution >= 4 is 34.8 Å². The van der Waals surface area contributed by atoms with Crippen molar-refractivity contribution in [3.8, 4) is 17.2 Å². The zero-order valence-electron chi connectivity index (χ0n) is 24.4. The third-order valence-corrected chi connectivity index (χ3v) is 6.78. The summed E-state index contributed by atoms with van der Waals surface area (Å²) >= 11 is 0. The van der Waals surface area contributed by atoms with Crippen molar-refractivity contribution in [2.75, 3.05) is 11.6 Å². The number of aryl methyl sites for hydroxylation is 1. The number of aromatic hydroxyl groups is 1. The van der Waals surface area contributed by atoms with Gasteiger partial charge in [-0.25, -0.2) is 14.6 Å². The minimum Gasteiger partial charge on any atom is -0.507 e. The Labute approximate surface area is 252 Å². The number of phenols is 1. The lowest BCUT2D eigenvalue weighted by Crippen LogP contribution is -2.77. The summed E-state index contributed by atoms with van der Waals surface area (Å²) in [5, 5.41) is 21.2. The summed E-state index contributed by atoms with van der Waals surface area (Å²) in [6, 6.07) is 11.2. The van der Waals surface area contributed by atoms with Gasteiger partial charge in [0.15, 0.2) is 5.79 Å². The van der Waals surface area contributed by atoms with Crippen LogP contribution in [0.15, 0.2) is 79.9 Å². The number of carboxylic acid groups (broad SMARTS) is 1. The van der Waals surface area contributed by atoms with Gasteiger partial charge in [0.05, 0.1) is 5.69 Å².